The summed E-state index contributed by atoms with van der Waals surface area (Å²) < 4.78 is 30.7. The van der Waals surface area contributed by atoms with Crippen LogP contribution in [0.25, 0.3) is 0 Å². The van der Waals surface area contributed by atoms with Gasteiger partial charge in [0.1, 0.15) is 35.6 Å². The SMILES string of the molecule is C=CC(=O)OCCCCOc1ccc(C=O)cc1.C=CC(=O)OCCCCOc1ccc(C=O)cc1.COc1ccc(OC)c(C)c1. The number of hydrogen-bond acceptors (Lipinski definition) is 10. The van der Waals surface area contributed by atoms with Gasteiger partial charge in [0.2, 0.25) is 0 Å². The van der Waals surface area contributed by atoms with Crippen LogP contribution in [0.3, 0.4) is 0 Å². The van der Waals surface area contributed by atoms with E-state index in [2.05, 4.69) is 13.2 Å². The van der Waals surface area contributed by atoms with Crippen LogP contribution in [0.4, 0.5) is 0 Å². The fourth-order valence-electron chi connectivity index (χ4n) is 3.51. The lowest BCUT2D eigenvalue weighted by Crippen LogP contribution is -2.04. The molecule has 0 bridgehead atoms. The Morgan fingerprint density at radius 2 is 1.00 bits per heavy atom. The van der Waals surface area contributed by atoms with Crippen LogP contribution in [-0.4, -0.2) is 65.2 Å². The second-order valence-corrected chi connectivity index (χ2v) is 9.56. The van der Waals surface area contributed by atoms with Gasteiger partial charge in [-0.05, 0) is 105 Å². The second-order valence-electron chi connectivity index (χ2n) is 9.56. The molecule has 3 rings (SSSR count). The lowest BCUT2D eigenvalue weighted by molar-refractivity contribution is -0.138. The molecule has 3 aromatic rings. The zero-order valence-corrected chi connectivity index (χ0v) is 27.3. The van der Waals surface area contributed by atoms with Gasteiger partial charge in [0.15, 0.2) is 0 Å². The first kappa shape index (κ1) is 39.6. The highest BCUT2D eigenvalue weighted by Gasteiger charge is 2.00. The molecule has 10 heteroatoms. The van der Waals surface area contributed by atoms with Gasteiger partial charge in [0, 0.05) is 23.3 Å². The summed E-state index contributed by atoms with van der Waals surface area (Å²) in [7, 11) is 3.32. The van der Waals surface area contributed by atoms with E-state index in [1.165, 1.54) is 0 Å². The molecule has 0 radical (unpaired) electrons. The third-order valence-electron chi connectivity index (χ3n) is 6.07. The van der Waals surface area contributed by atoms with Gasteiger partial charge in [-0.15, -0.1) is 0 Å². The van der Waals surface area contributed by atoms with Gasteiger partial charge in [-0.3, -0.25) is 9.59 Å². The van der Waals surface area contributed by atoms with E-state index in [9.17, 15) is 19.2 Å². The van der Waals surface area contributed by atoms with E-state index in [4.69, 9.17) is 28.4 Å². The maximum absolute atomic E-state index is 10.7. The van der Waals surface area contributed by atoms with Crippen LogP contribution in [0.5, 0.6) is 23.0 Å². The van der Waals surface area contributed by atoms with Crippen molar-refractivity contribution in [2.24, 2.45) is 0 Å². The topological polar surface area (TPSA) is 124 Å². The van der Waals surface area contributed by atoms with Gasteiger partial charge in [-0.25, -0.2) is 9.59 Å². The van der Waals surface area contributed by atoms with E-state index in [1.807, 2.05) is 25.1 Å². The normalized spacial score (nSPS) is 9.51. The standard InChI is InChI=1S/2C14H16O4.C9H12O2/c2*1-2-14(16)18-10-4-3-9-17-13-7-5-12(11-15)6-8-13;1-7-6-8(10-2)4-5-9(7)11-3/h2*2,5-8,11H,1,3-4,9-10H2;4-6H,1-3H3. The number of esters is 2. The molecule has 0 aliphatic rings. The highest BCUT2D eigenvalue weighted by Crippen LogP contribution is 2.22. The molecule has 0 aliphatic carbocycles. The minimum absolute atomic E-state index is 0.373. The summed E-state index contributed by atoms with van der Waals surface area (Å²) in [4.78, 5) is 42.3. The number of unbranched alkanes of at least 4 members (excludes halogenated alkanes) is 2. The van der Waals surface area contributed by atoms with Crippen molar-refractivity contribution < 1.29 is 47.6 Å². The minimum atomic E-state index is -0.402. The van der Waals surface area contributed by atoms with Crippen molar-refractivity contribution in [1.29, 1.82) is 0 Å². The van der Waals surface area contributed by atoms with E-state index in [0.29, 0.717) is 37.6 Å². The molecule has 0 aliphatic heterocycles. The Hall–Kier alpha value is -5.38. The van der Waals surface area contributed by atoms with Crippen LogP contribution in [0.15, 0.2) is 92.0 Å². The van der Waals surface area contributed by atoms with Crippen molar-refractivity contribution in [3.8, 4) is 23.0 Å². The Morgan fingerprint density at radius 1 is 0.596 bits per heavy atom. The fraction of sp³-hybridized carbons (Fsp3) is 0.297. The summed E-state index contributed by atoms with van der Waals surface area (Å²) in [6.45, 7) is 10.4. The largest absolute Gasteiger partial charge is 0.497 e. The van der Waals surface area contributed by atoms with E-state index in [1.54, 1.807) is 62.8 Å². The molecule has 0 fully saturated rings. The average molecular weight is 649 g/mol. The van der Waals surface area contributed by atoms with E-state index >= 15 is 0 Å². The van der Waals surface area contributed by atoms with Crippen molar-refractivity contribution in [3.05, 3.63) is 109 Å². The van der Waals surface area contributed by atoms with Crippen LogP contribution in [0.2, 0.25) is 0 Å². The summed E-state index contributed by atoms with van der Waals surface area (Å²) >= 11 is 0. The Morgan fingerprint density at radius 3 is 1.34 bits per heavy atom. The van der Waals surface area contributed by atoms with Crippen LogP contribution >= 0.6 is 0 Å². The second kappa shape index (κ2) is 24.9. The van der Waals surface area contributed by atoms with Crippen LogP contribution in [0, 0.1) is 6.92 Å². The number of ether oxygens (including phenoxy) is 6. The van der Waals surface area contributed by atoms with Gasteiger partial charge >= 0.3 is 11.9 Å². The van der Waals surface area contributed by atoms with Gasteiger partial charge in [-0.2, -0.15) is 0 Å². The quantitative estimate of drug-likeness (QED) is 0.0631. The van der Waals surface area contributed by atoms with Crippen LogP contribution < -0.4 is 18.9 Å². The smallest absolute Gasteiger partial charge is 0.330 e. The molecule has 0 spiro atoms. The number of hydrogen-bond donors (Lipinski definition) is 0. The van der Waals surface area contributed by atoms with Crippen molar-refractivity contribution in [2.45, 2.75) is 32.6 Å². The number of aryl methyl sites for hydroxylation is 1. The summed E-state index contributed by atoms with van der Waals surface area (Å²) in [6.07, 6.45) is 6.93. The summed E-state index contributed by atoms with van der Waals surface area (Å²) in [5.41, 5.74) is 2.34. The molecule has 0 saturated heterocycles. The maximum Gasteiger partial charge on any atom is 0.330 e. The molecule has 0 atom stereocenters. The first-order valence-electron chi connectivity index (χ1n) is 14.9. The van der Waals surface area contributed by atoms with E-state index in [-0.39, 0.29) is 0 Å². The molecule has 0 saturated carbocycles. The predicted molar refractivity (Wildman–Crippen MR) is 180 cm³/mol. The maximum atomic E-state index is 10.7. The molecule has 0 heterocycles. The summed E-state index contributed by atoms with van der Waals surface area (Å²) in [5, 5.41) is 0. The molecule has 47 heavy (non-hydrogen) atoms. The first-order valence-corrected chi connectivity index (χ1v) is 14.9. The van der Waals surface area contributed by atoms with Crippen molar-refractivity contribution in [3.63, 3.8) is 0 Å². The lowest BCUT2D eigenvalue weighted by Gasteiger charge is -2.06. The predicted octanol–water partition coefficient (Wildman–Crippen LogP) is 6.79. The van der Waals surface area contributed by atoms with Gasteiger partial charge in [-0.1, -0.05) is 13.2 Å². The molecule has 0 aromatic heterocycles. The number of carbonyl (C=O) groups is 4. The minimum Gasteiger partial charge on any atom is -0.497 e. The molecule has 3 aromatic carbocycles. The Balaban J connectivity index is 0.000000364. The number of carbonyl (C=O) groups excluding carboxylic acids is 4. The van der Waals surface area contributed by atoms with E-state index < -0.39 is 11.9 Å². The average Bonchev–Trinajstić information content (AvgIpc) is 3.11. The first-order chi connectivity index (χ1) is 22.8. The van der Waals surface area contributed by atoms with Crippen molar-refractivity contribution >= 4 is 24.5 Å². The molecular formula is C37H44O10. The third-order valence-corrected chi connectivity index (χ3v) is 6.07. The Kier molecular flexibility index (Phi) is 21.0. The van der Waals surface area contributed by atoms with Crippen molar-refractivity contribution in [1.82, 2.24) is 0 Å². The molecule has 252 valence electrons. The van der Waals surface area contributed by atoms with E-state index in [0.717, 1.165) is 79.0 Å². The van der Waals surface area contributed by atoms with Gasteiger partial charge < -0.3 is 28.4 Å². The molecule has 0 N–H and O–H groups in total. The highest BCUT2D eigenvalue weighted by atomic mass is 16.5. The number of aldehydes is 2. The molecule has 0 amide bonds. The summed E-state index contributed by atoms with van der Waals surface area (Å²) in [6, 6.07) is 19.5. The summed E-state index contributed by atoms with van der Waals surface area (Å²) in [5.74, 6) is 2.40. The zero-order chi connectivity index (χ0) is 34.7. The van der Waals surface area contributed by atoms with Crippen LogP contribution in [0.1, 0.15) is 52.0 Å². The Bertz CT molecular complexity index is 1290. The Labute approximate surface area is 276 Å². The fourth-order valence-corrected chi connectivity index (χ4v) is 3.51. The highest BCUT2D eigenvalue weighted by molar-refractivity contribution is 5.81. The molecule has 0 unspecified atom stereocenters. The number of methoxy groups -OCH3 is 2. The monoisotopic (exact) mass is 648 g/mol. The molecular weight excluding hydrogens is 604 g/mol. The number of benzene rings is 3. The zero-order valence-electron chi connectivity index (χ0n) is 27.3. The molecule has 10 nitrogen and oxygen atoms in total. The van der Waals surface area contributed by atoms with Gasteiger partial charge in [0.05, 0.1) is 40.6 Å². The lowest BCUT2D eigenvalue weighted by atomic mass is 10.2. The number of rotatable bonds is 18. The third kappa shape index (κ3) is 18.2. The van der Waals surface area contributed by atoms with Crippen LogP contribution in [-0.2, 0) is 19.1 Å². The van der Waals surface area contributed by atoms with Gasteiger partial charge in [0.25, 0.3) is 0 Å². The van der Waals surface area contributed by atoms with Crippen molar-refractivity contribution in [2.75, 3.05) is 40.6 Å².